The maximum atomic E-state index is 5.54. The third-order valence-electron chi connectivity index (χ3n) is 10.4. The van der Waals surface area contributed by atoms with Gasteiger partial charge in [-0.1, -0.05) is 24.3 Å². The van der Waals surface area contributed by atoms with Crippen LogP contribution in [0.4, 0.5) is 0 Å². The molecule has 0 saturated heterocycles. The lowest BCUT2D eigenvalue weighted by Gasteiger charge is -2.06. The molecule has 0 saturated carbocycles. The normalized spacial score (nSPS) is 11.2. The van der Waals surface area contributed by atoms with E-state index in [1.807, 2.05) is 48.5 Å². The lowest BCUT2D eigenvalue weighted by Crippen LogP contribution is -1.87. The molecule has 0 fully saturated rings. The smallest absolute Gasteiger partial charge is 0.134 e. The molecule has 0 unspecified atom stereocenters. The number of hydrogen-bond acceptors (Lipinski definition) is 4. The van der Waals surface area contributed by atoms with E-state index in [-0.39, 0.29) is 0 Å². The molecule has 0 amide bonds. The largest absolute Gasteiger partial charge is 0.497 e. The first kappa shape index (κ1) is 34.4. The van der Waals surface area contributed by atoms with Crippen LogP contribution in [0, 0.1) is 0 Å². The van der Waals surface area contributed by atoms with E-state index in [0.29, 0.717) is 0 Å². The zero-order valence-corrected chi connectivity index (χ0v) is 31.5. The molecule has 5 heterocycles. The average molecular weight is 737 g/mol. The molecule has 0 radical (unpaired) electrons. The van der Waals surface area contributed by atoms with Gasteiger partial charge in [0.15, 0.2) is 0 Å². The maximum Gasteiger partial charge on any atom is 0.134 e. The zero-order chi connectivity index (χ0) is 38.2. The zero-order valence-electron chi connectivity index (χ0n) is 31.5. The molecule has 8 bridgehead atoms. The van der Waals surface area contributed by atoms with Crippen molar-refractivity contribution in [2.24, 2.45) is 0 Å². The van der Waals surface area contributed by atoms with Gasteiger partial charge >= 0.3 is 0 Å². The van der Waals surface area contributed by atoms with E-state index in [9.17, 15) is 0 Å². The van der Waals surface area contributed by atoms with Gasteiger partial charge in [0, 0.05) is 82.8 Å². The number of aromatic amines is 4. The third-order valence-corrected chi connectivity index (χ3v) is 10.4. The Hall–Kier alpha value is -7.32. The molecule has 0 spiro atoms. The fourth-order valence-electron chi connectivity index (χ4n) is 7.60. The predicted molar refractivity (Wildman–Crippen MR) is 228 cm³/mol. The van der Waals surface area contributed by atoms with Crippen LogP contribution < -0.4 is 18.9 Å². The summed E-state index contributed by atoms with van der Waals surface area (Å²) >= 11 is 0. The summed E-state index contributed by atoms with van der Waals surface area (Å²) in [4.78, 5) is 15.3. The van der Waals surface area contributed by atoms with Crippen molar-refractivity contribution in [3.05, 3.63) is 146 Å². The van der Waals surface area contributed by atoms with E-state index in [0.717, 1.165) is 112 Å². The summed E-state index contributed by atoms with van der Waals surface area (Å²) in [5.74, 6) is 3.18. The SMILES string of the molecule is COc1ccc(-c2c3ccc([nH]3)c(-c3ccc(OC)cc3)c3ccc([nH]3)[c+](-c3ccc(OC)cc3)c3ccc([nH]3)[c+](-c3ccc(OC)cc3)c3ccc2[nH]3)cc1. The van der Waals surface area contributed by atoms with Gasteiger partial charge in [-0.25, -0.2) is 0 Å². The van der Waals surface area contributed by atoms with Crippen LogP contribution in [-0.2, 0) is 0 Å². The van der Waals surface area contributed by atoms with Crippen molar-refractivity contribution in [2.75, 3.05) is 28.4 Å². The minimum Gasteiger partial charge on any atom is -0.497 e. The molecular formula is C48H40N4O4+2. The summed E-state index contributed by atoms with van der Waals surface area (Å²) in [6.07, 6.45) is 0. The van der Waals surface area contributed by atoms with Crippen LogP contribution in [-0.4, -0.2) is 48.4 Å². The highest BCUT2D eigenvalue weighted by Gasteiger charge is 2.19. The van der Waals surface area contributed by atoms with Crippen LogP contribution in [0.2, 0.25) is 0 Å². The van der Waals surface area contributed by atoms with Gasteiger partial charge < -0.3 is 38.9 Å². The minimum atomic E-state index is 0.795. The van der Waals surface area contributed by atoms with E-state index < -0.39 is 0 Å². The van der Waals surface area contributed by atoms with Crippen molar-refractivity contribution >= 4 is 44.1 Å². The number of benzene rings is 4. The topological polar surface area (TPSA) is 100 Å². The minimum absolute atomic E-state index is 0.795. The van der Waals surface area contributed by atoms with Crippen LogP contribution in [0.5, 0.6) is 23.0 Å². The molecule has 0 atom stereocenters. The molecular weight excluding hydrogens is 697 g/mol. The first-order chi connectivity index (χ1) is 27.5. The van der Waals surface area contributed by atoms with Crippen molar-refractivity contribution < 1.29 is 18.9 Å². The summed E-state index contributed by atoms with van der Waals surface area (Å²) < 4.78 is 22.2. The Bertz CT molecular complexity index is 2430. The molecule has 274 valence electrons. The number of methoxy groups -OCH3 is 4. The summed E-state index contributed by atoms with van der Waals surface area (Å²) in [6, 6.07) is 50.0. The molecule has 9 aromatic rings. The molecule has 4 N–H and O–H groups in total. The first-order valence-corrected chi connectivity index (χ1v) is 18.4. The Balaban J connectivity index is 1.45. The highest BCUT2D eigenvalue weighted by Crippen LogP contribution is 2.38. The molecule has 9 rings (SSSR count). The standard InChI is InChI=1S/C48H40N4O4/c1-53-33-13-5-29(6-14-33)45-37-21-23-39(49-37)46(30-7-15-34(54-2)16-8-30)41-25-27-43(51-41)48(32-11-19-36(56-4)20-12-32)44-28-26-42(52-44)47(40-24-22-38(45)50-40)31-9-17-35(55-3)18-10-31/h5-28,49-52H,1-4H3/q+2. The Morgan fingerprint density at radius 1 is 0.304 bits per heavy atom. The van der Waals surface area contributed by atoms with E-state index in [4.69, 9.17) is 18.9 Å². The number of rotatable bonds is 8. The molecule has 0 aliphatic carbocycles. The fraction of sp³-hybridized carbons (Fsp3) is 0.0833. The van der Waals surface area contributed by atoms with Gasteiger partial charge in [-0.3, -0.25) is 0 Å². The number of nitrogens with one attached hydrogen (secondary N) is 4. The summed E-state index contributed by atoms with van der Waals surface area (Å²) in [5, 5.41) is 0. The third kappa shape index (κ3) is 6.27. The van der Waals surface area contributed by atoms with Crippen molar-refractivity contribution in [1.82, 2.24) is 19.9 Å². The van der Waals surface area contributed by atoms with E-state index >= 15 is 0 Å². The van der Waals surface area contributed by atoms with Crippen molar-refractivity contribution in [2.45, 2.75) is 0 Å². The predicted octanol–water partition coefficient (Wildman–Crippen LogP) is 12.0. The van der Waals surface area contributed by atoms with Gasteiger partial charge in [0.05, 0.1) is 62.7 Å². The number of H-pyrrole nitrogens is 4. The van der Waals surface area contributed by atoms with Gasteiger partial charge in [-0.05, 0) is 59.7 Å². The van der Waals surface area contributed by atoms with E-state index in [1.165, 1.54) is 0 Å². The second-order valence-corrected chi connectivity index (χ2v) is 13.6. The van der Waals surface area contributed by atoms with Crippen molar-refractivity contribution in [3.8, 4) is 67.5 Å². The van der Waals surface area contributed by atoms with Crippen molar-refractivity contribution in [1.29, 1.82) is 0 Å². The highest BCUT2D eigenvalue weighted by atomic mass is 16.5. The Morgan fingerprint density at radius 3 is 0.946 bits per heavy atom. The summed E-state index contributed by atoms with van der Waals surface area (Å²) in [5.41, 5.74) is 15.9. The van der Waals surface area contributed by atoms with Crippen LogP contribution in [0.15, 0.2) is 146 Å². The molecule has 5 aromatic heterocycles. The number of aromatic nitrogens is 4. The highest BCUT2D eigenvalue weighted by molar-refractivity contribution is 6.02. The fourth-order valence-corrected chi connectivity index (χ4v) is 7.60. The first-order valence-electron chi connectivity index (χ1n) is 18.4. The maximum absolute atomic E-state index is 5.54. The Morgan fingerprint density at radius 2 is 0.589 bits per heavy atom. The van der Waals surface area contributed by atoms with Gasteiger partial charge in [0.25, 0.3) is 0 Å². The second kappa shape index (κ2) is 14.5. The van der Waals surface area contributed by atoms with Gasteiger partial charge in [0.1, 0.15) is 56.2 Å². The molecule has 0 aliphatic heterocycles. The van der Waals surface area contributed by atoms with Crippen LogP contribution in [0.3, 0.4) is 0 Å². The lowest BCUT2D eigenvalue weighted by molar-refractivity contribution is 0.415. The van der Waals surface area contributed by atoms with Gasteiger partial charge in [-0.15, -0.1) is 0 Å². The molecule has 0 aliphatic rings. The Kier molecular flexibility index (Phi) is 8.91. The number of hydrogen-bond donors (Lipinski definition) is 4. The van der Waals surface area contributed by atoms with Crippen molar-refractivity contribution in [3.63, 3.8) is 0 Å². The van der Waals surface area contributed by atoms with E-state index in [1.54, 1.807) is 28.4 Å². The van der Waals surface area contributed by atoms with E-state index in [2.05, 4.69) is 117 Å². The van der Waals surface area contributed by atoms with Crippen LogP contribution in [0.25, 0.3) is 88.6 Å². The monoisotopic (exact) mass is 736 g/mol. The second-order valence-electron chi connectivity index (χ2n) is 13.6. The number of ether oxygens (including phenoxy) is 4. The van der Waals surface area contributed by atoms with Crippen LogP contribution >= 0.6 is 0 Å². The van der Waals surface area contributed by atoms with Crippen LogP contribution in [0.1, 0.15) is 0 Å². The molecule has 4 aromatic carbocycles. The van der Waals surface area contributed by atoms with Gasteiger partial charge in [-0.2, -0.15) is 0 Å². The quantitative estimate of drug-likeness (QED) is 0.117. The molecule has 8 nitrogen and oxygen atoms in total. The summed E-state index contributed by atoms with van der Waals surface area (Å²) in [7, 11) is 6.75. The lowest BCUT2D eigenvalue weighted by atomic mass is 10.1. The summed E-state index contributed by atoms with van der Waals surface area (Å²) in [6.45, 7) is 0. The van der Waals surface area contributed by atoms with Gasteiger partial charge in [0.2, 0.25) is 0 Å². The number of fused-ring (bicyclic) bond motifs is 8. The average Bonchev–Trinajstić information content (AvgIpc) is 4.10. The Labute approximate surface area is 323 Å². The molecule has 8 heteroatoms. The molecule has 56 heavy (non-hydrogen) atoms.